The van der Waals surface area contributed by atoms with Crippen molar-refractivity contribution in [1.29, 1.82) is 0 Å². The summed E-state index contributed by atoms with van der Waals surface area (Å²) in [6, 6.07) is 3.76. The topological polar surface area (TPSA) is 66.3 Å². The number of hydrogen-bond acceptors (Lipinski definition) is 5. The van der Waals surface area contributed by atoms with Gasteiger partial charge >= 0.3 is 5.97 Å². The summed E-state index contributed by atoms with van der Waals surface area (Å²) < 4.78 is 0. The van der Waals surface area contributed by atoms with Crippen molar-refractivity contribution in [1.82, 2.24) is 9.97 Å². The molecule has 2 aromatic heterocycles. The number of carboxylic acids is 1. The van der Waals surface area contributed by atoms with E-state index in [9.17, 15) is 4.79 Å². The maximum atomic E-state index is 10.7. The molecule has 3 rings (SSSR count). The van der Waals surface area contributed by atoms with Crippen LogP contribution >= 0.6 is 11.3 Å². The van der Waals surface area contributed by atoms with E-state index in [1.165, 1.54) is 11.3 Å². The first-order chi connectivity index (χ1) is 7.74. The lowest BCUT2D eigenvalue weighted by Crippen LogP contribution is -2.50. The number of aliphatic carboxylic acids is 1. The predicted molar refractivity (Wildman–Crippen MR) is 60.8 cm³/mol. The van der Waals surface area contributed by atoms with Crippen LogP contribution < -0.4 is 4.90 Å². The number of thiazole rings is 1. The molecule has 1 aliphatic heterocycles. The lowest BCUT2D eigenvalue weighted by atomic mass is 10.0. The smallest absolute Gasteiger partial charge is 0.310 e. The van der Waals surface area contributed by atoms with Crippen LogP contribution in [0.5, 0.6) is 0 Å². The Kier molecular flexibility index (Phi) is 2.03. The summed E-state index contributed by atoms with van der Waals surface area (Å²) in [6.07, 6.45) is 1.74. The number of hydrogen-bond donors (Lipinski definition) is 1. The molecule has 0 saturated carbocycles. The highest BCUT2D eigenvalue weighted by Crippen LogP contribution is 2.31. The second kappa shape index (κ2) is 3.41. The first-order valence-electron chi connectivity index (χ1n) is 4.93. The minimum atomic E-state index is -0.726. The minimum absolute atomic E-state index is 0.250. The van der Waals surface area contributed by atoms with E-state index in [1.54, 1.807) is 6.20 Å². The zero-order valence-electron chi connectivity index (χ0n) is 8.33. The van der Waals surface area contributed by atoms with Crippen molar-refractivity contribution < 1.29 is 9.90 Å². The molecular formula is C10H9N3O2S. The van der Waals surface area contributed by atoms with Gasteiger partial charge in [0.25, 0.3) is 0 Å². The van der Waals surface area contributed by atoms with Crippen molar-refractivity contribution in [2.24, 2.45) is 5.92 Å². The largest absolute Gasteiger partial charge is 0.481 e. The van der Waals surface area contributed by atoms with Gasteiger partial charge in [-0.25, -0.2) is 9.97 Å². The Morgan fingerprint density at radius 2 is 2.38 bits per heavy atom. The van der Waals surface area contributed by atoms with Gasteiger partial charge in [0.1, 0.15) is 10.3 Å². The fourth-order valence-corrected chi connectivity index (χ4v) is 2.61. The Morgan fingerprint density at radius 3 is 3.06 bits per heavy atom. The number of fused-ring (bicyclic) bond motifs is 1. The molecule has 0 amide bonds. The van der Waals surface area contributed by atoms with Crippen LogP contribution in [0.2, 0.25) is 0 Å². The summed E-state index contributed by atoms with van der Waals surface area (Å²) in [5.74, 6) is -0.976. The highest BCUT2D eigenvalue weighted by atomic mass is 32.1. The molecule has 0 aliphatic carbocycles. The van der Waals surface area contributed by atoms with Gasteiger partial charge in [-0.2, -0.15) is 0 Å². The van der Waals surface area contributed by atoms with Gasteiger partial charge in [0.05, 0.1) is 5.92 Å². The molecule has 82 valence electrons. The number of carbonyl (C=O) groups is 1. The molecule has 0 unspecified atom stereocenters. The fraction of sp³-hybridized carbons (Fsp3) is 0.300. The van der Waals surface area contributed by atoms with E-state index < -0.39 is 5.97 Å². The highest BCUT2D eigenvalue weighted by molar-refractivity contribution is 7.21. The monoisotopic (exact) mass is 235 g/mol. The lowest BCUT2D eigenvalue weighted by Gasteiger charge is -2.36. The molecule has 0 radical (unpaired) electrons. The molecule has 0 bridgehead atoms. The number of aromatic nitrogens is 2. The Labute approximate surface area is 95.4 Å². The maximum absolute atomic E-state index is 10.7. The van der Waals surface area contributed by atoms with Gasteiger partial charge in [-0.3, -0.25) is 4.79 Å². The van der Waals surface area contributed by atoms with Crippen LogP contribution in [0.25, 0.3) is 10.3 Å². The molecule has 5 nitrogen and oxygen atoms in total. The summed E-state index contributed by atoms with van der Waals surface area (Å²) in [6.45, 7) is 1.10. The predicted octanol–water partition coefficient (Wildman–Crippen LogP) is 1.21. The van der Waals surface area contributed by atoms with Gasteiger partial charge < -0.3 is 10.0 Å². The Hall–Kier alpha value is -1.69. The second-order valence-corrected chi connectivity index (χ2v) is 4.72. The van der Waals surface area contributed by atoms with Crippen molar-refractivity contribution in [2.45, 2.75) is 0 Å². The molecule has 3 heterocycles. The van der Waals surface area contributed by atoms with Crippen LogP contribution in [0.15, 0.2) is 18.3 Å². The van der Waals surface area contributed by atoms with Crippen molar-refractivity contribution in [3.8, 4) is 0 Å². The van der Waals surface area contributed by atoms with Crippen molar-refractivity contribution in [3.63, 3.8) is 0 Å². The average molecular weight is 235 g/mol. The molecule has 1 aliphatic rings. The molecule has 0 atom stereocenters. The molecule has 1 fully saturated rings. The zero-order chi connectivity index (χ0) is 11.1. The number of carboxylic acid groups (broad SMARTS) is 1. The third-order valence-electron chi connectivity index (χ3n) is 2.66. The summed E-state index contributed by atoms with van der Waals surface area (Å²) in [7, 11) is 0. The molecule has 0 spiro atoms. The Morgan fingerprint density at radius 1 is 1.56 bits per heavy atom. The quantitative estimate of drug-likeness (QED) is 0.847. The summed E-state index contributed by atoms with van der Waals surface area (Å²) in [4.78, 5) is 22.2. The van der Waals surface area contributed by atoms with E-state index in [0.717, 1.165) is 15.5 Å². The average Bonchev–Trinajstić information content (AvgIpc) is 2.57. The van der Waals surface area contributed by atoms with E-state index in [4.69, 9.17) is 5.11 Å². The van der Waals surface area contributed by atoms with E-state index >= 15 is 0 Å². The third-order valence-corrected chi connectivity index (χ3v) is 3.70. The van der Waals surface area contributed by atoms with E-state index in [1.807, 2.05) is 17.0 Å². The SMILES string of the molecule is O=C(O)C1CN(c2nc3cccnc3s2)C1. The number of pyridine rings is 1. The standard InChI is InChI=1S/C10H9N3O2S/c14-9(15)6-4-13(5-6)10-12-7-2-1-3-11-8(7)16-10/h1-3,6H,4-5H2,(H,14,15). The van der Waals surface area contributed by atoms with Crippen molar-refractivity contribution >= 4 is 32.8 Å². The normalized spacial score (nSPS) is 16.4. The van der Waals surface area contributed by atoms with E-state index in [0.29, 0.717) is 13.1 Å². The Bertz CT molecular complexity index is 515. The summed E-state index contributed by atoms with van der Waals surface area (Å²) >= 11 is 1.51. The maximum Gasteiger partial charge on any atom is 0.310 e. The van der Waals surface area contributed by atoms with Crippen LogP contribution in [0, 0.1) is 5.92 Å². The molecule has 16 heavy (non-hydrogen) atoms. The Balaban J connectivity index is 1.83. The molecule has 1 N–H and O–H groups in total. The zero-order valence-corrected chi connectivity index (χ0v) is 9.15. The van der Waals surface area contributed by atoms with Gasteiger partial charge in [-0.05, 0) is 12.1 Å². The number of anilines is 1. The van der Waals surface area contributed by atoms with E-state index in [-0.39, 0.29) is 5.92 Å². The van der Waals surface area contributed by atoms with Crippen LogP contribution in [0.1, 0.15) is 0 Å². The number of rotatable bonds is 2. The highest BCUT2D eigenvalue weighted by Gasteiger charge is 2.34. The first-order valence-corrected chi connectivity index (χ1v) is 5.75. The molecule has 2 aromatic rings. The lowest BCUT2D eigenvalue weighted by molar-refractivity contribution is -0.142. The van der Waals surface area contributed by atoms with Crippen LogP contribution in [-0.4, -0.2) is 34.1 Å². The molecular weight excluding hydrogens is 226 g/mol. The fourth-order valence-electron chi connectivity index (χ4n) is 1.68. The van der Waals surface area contributed by atoms with Gasteiger partial charge in [0.2, 0.25) is 0 Å². The summed E-state index contributed by atoms with van der Waals surface area (Å²) in [5, 5.41) is 9.65. The third kappa shape index (κ3) is 1.42. The van der Waals surface area contributed by atoms with Crippen LogP contribution in [0.3, 0.4) is 0 Å². The second-order valence-electron chi connectivity index (χ2n) is 3.76. The van der Waals surface area contributed by atoms with Gasteiger partial charge in [0.15, 0.2) is 5.13 Å². The summed E-state index contributed by atoms with van der Waals surface area (Å²) in [5.41, 5.74) is 0.876. The van der Waals surface area contributed by atoms with Gasteiger partial charge in [-0.1, -0.05) is 11.3 Å². The van der Waals surface area contributed by atoms with Crippen molar-refractivity contribution in [2.75, 3.05) is 18.0 Å². The first kappa shape index (κ1) is 9.53. The van der Waals surface area contributed by atoms with Gasteiger partial charge in [-0.15, -0.1) is 0 Å². The molecule has 0 aromatic carbocycles. The van der Waals surface area contributed by atoms with Crippen molar-refractivity contribution in [3.05, 3.63) is 18.3 Å². The van der Waals surface area contributed by atoms with Gasteiger partial charge in [0, 0.05) is 19.3 Å². The van der Waals surface area contributed by atoms with Crippen LogP contribution in [0.4, 0.5) is 5.13 Å². The minimum Gasteiger partial charge on any atom is -0.481 e. The van der Waals surface area contributed by atoms with E-state index in [2.05, 4.69) is 9.97 Å². The van der Waals surface area contributed by atoms with Crippen LogP contribution in [-0.2, 0) is 4.79 Å². The molecule has 1 saturated heterocycles. The number of nitrogens with zero attached hydrogens (tertiary/aromatic N) is 3. The molecule has 6 heteroatoms.